The molecule has 1 atom stereocenters. The van der Waals surface area contributed by atoms with E-state index in [9.17, 15) is 9.59 Å². The zero-order chi connectivity index (χ0) is 18.9. The first-order valence-electron chi connectivity index (χ1n) is 8.77. The summed E-state index contributed by atoms with van der Waals surface area (Å²) in [6.45, 7) is 1.42. The third-order valence-corrected chi connectivity index (χ3v) is 4.45. The van der Waals surface area contributed by atoms with Gasteiger partial charge in [-0.15, -0.1) is 0 Å². The van der Waals surface area contributed by atoms with Gasteiger partial charge in [0.2, 0.25) is 0 Å². The number of amides is 1. The molecule has 1 fully saturated rings. The first-order valence-corrected chi connectivity index (χ1v) is 8.77. The molecule has 1 aliphatic heterocycles. The third-order valence-electron chi connectivity index (χ3n) is 4.45. The highest BCUT2D eigenvalue weighted by Gasteiger charge is 2.28. The third kappa shape index (κ3) is 5.36. The van der Waals surface area contributed by atoms with E-state index in [2.05, 4.69) is 4.74 Å². The second-order valence-corrected chi connectivity index (χ2v) is 6.09. The summed E-state index contributed by atoms with van der Waals surface area (Å²) in [7, 11) is 4.52. The van der Waals surface area contributed by atoms with Crippen LogP contribution in [-0.2, 0) is 25.5 Å². The van der Waals surface area contributed by atoms with Crippen LogP contribution in [0.3, 0.4) is 0 Å². The largest absolute Gasteiger partial charge is 0.493 e. The van der Waals surface area contributed by atoms with Crippen molar-refractivity contribution in [1.82, 2.24) is 4.90 Å². The molecule has 1 aromatic rings. The van der Waals surface area contributed by atoms with Crippen molar-refractivity contribution in [3.8, 4) is 11.5 Å². The Hall–Kier alpha value is -2.28. The maximum Gasteiger partial charge on any atom is 0.307 e. The van der Waals surface area contributed by atoms with Crippen LogP contribution >= 0.6 is 0 Å². The van der Waals surface area contributed by atoms with E-state index in [-0.39, 0.29) is 18.3 Å². The van der Waals surface area contributed by atoms with Gasteiger partial charge in [-0.1, -0.05) is 6.07 Å². The summed E-state index contributed by atoms with van der Waals surface area (Å²) in [5.74, 6) is 0.916. The lowest BCUT2D eigenvalue weighted by molar-refractivity contribution is -0.144. The van der Waals surface area contributed by atoms with E-state index in [0.717, 1.165) is 18.4 Å². The summed E-state index contributed by atoms with van der Waals surface area (Å²) in [6.07, 6.45) is 2.01. The highest BCUT2D eigenvalue weighted by Crippen LogP contribution is 2.27. The van der Waals surface area contributed by atoms with Crippen LogP contribution in [-0.4, -0.2) is 63.9 Å². The Balaban J connectivity index is 2.02. The molecule has 1 heterocycles. The quantitative estimate of drug-likeness (QED) is 0.622. The Morgan fingerprint density at radius 2 is 1.92 bits per heavy atom. The number of rotatable bonds is 9. The van der Waals surface area contributed by atoms with Gasteiger partial charge >= 0.3 is 5.97 Å². The molecule has 1 amide bonds. The highest BCUT2D eigenvalue weighted by molar-refractivity contribution is 5.81. The van der Waals surface area contributed by atoms with Gasteiger partial charge < -0.3 is 23.8 Å². The van der Waals surface area contributed by atoms with Crippen molar-refractivity contribution in [2.45, 2.75) is 31.8 Å². The summed E-state index contributed by atoms with van der Waals surface area (Å²) in [6, 6.07) is 5.68. The average Bonchev–Trinajstić information content (AvgIpc) is 3.21. The van der Waals surface area contributed by atoms with Crippen LogP contribution in [0.2, 0.25) is 0 Å². The van der Waals surface area contributed by atoms with E-state index in [4.69, 9.17) is 14.2 Å². The maximum atomic E-state index is 12.7. The number of hydrogen-bond donors (Lipinski definition) is 0. The second kappa shape index (κ2) is 10.0. The van der Waals surface area contributed by atoms with Crippen molar-refractivity contribution in [2.24, 2.45) is 0 Å². The summed E-state index contributed by atoms with van der Waals surface area (Å²) >= 11 is 0. The number of methoxy groups -OCH3 is 3. The number of hydrogen-bond acceptors (Lipinski definition) is 6. The van der Waals surface area contributed by atoms with E-state index in [1.165, 1.54) is 7.11 Å². The van der Waals surface area contributed by atoms with Gasteiger partial charge in [0.15, 0.2) is 11.5 Å². The predicted octanol–water partition coefficient (Wildman–Crippen LogP) is 1.82. The van der Waals surface area contributed by atoms with Crippen LogP contribution in [0.25, 0.3) is 0 Å². The standard InChI is InChI=1S/C19H27NO6/c1-23-15-7-6-14(13-17(15)24-2)8-10-20(11-9-18(21)25-3)19(22)16-5-4-12-26-16/h6-7,13,16H,4-5,8-12H2,1-3H3. The molecule has 1 unspecified atom stereocenters. The lowest BCUT2D eigenvalue weighted by atomic mass is 10.1. The molecule has 0 spiro atoms. The van der Waals surface area contributed by atoms with Gasteiger partial charge in [0.1, 0.15) is 6.10 Å². The molecule has 1 aromatic carbocycles. The Labute approximate surface area is 154 Å². The Kier molecular flexibility index (Phi) is 7.72. The normalized spacial score (nSPS) is 16.2. The summed E-state index contributed by atoms with van der Waals surface area (Å²) in [5, 5.41) is 0. The van der Waals surface area contributed by atoms with Crippen molar-refractivity contribution in [1.29, 1.82) is 0 Å². The lowest BCUT2D eigenvalue weighted by Gasteiger charge is -2.25. The molecule has 0 aliphatic carbocycles. The average molecular weight is 365 g/mol. The van der Waals surface area contributed by atoms with Crippen LogP contribution in [0.4, 0.5) is 0 Å². The zero-order valence-electron chi connectivity index (χ0n) is 15.7. The van der Waals surface area contributed by atoms with E-state index >= 15 is 0 Å². The Morgan fingerprint density at radius 1 is 1.15 bits per heavy atom. The van der Waals surface area contributed by atoms with Gasteiger partial charge in [0, 0.05) is 19.7 Å². The number of nitrogens with zero attached hydrogens (tertiary/aromatic N) is 1. The van der Waals surface area contributed by atoms with Crippen molar-refractivity contribution in [3.05, 3.63) is 23.8 Å². The first kappa shape index (κ1) is 20.0. The van der Waals surface area contributed by atoms with Gasteiger partial charge in [-0.3, -0.25) is 9.59 Å². The van der Waals surface area contributed by atoms with E-state index in [1.807, 2.05) is 18.2 Å². The highest BCUT2D eigenvalue weighted by atomic mass is 16.5. The molecule has 0 bridgehead atoms. The van der Waals surface area contributed by atoms with Crippen molar-refractivity contribution in [3.63, 3.8) is 0 Å². The van der Waals surface area contributed by atoms with Crippen LogP contribution in [0.15, 0.2) is 18.2 Å². The SMILES string of the molecule is COC(=O)CCN(CCc1ccc(OC)c(OC)c1)C(=O)C1CCCO1. The molecule has 7 nitrogen and oxygen atoms in total. The zero-order valence-corrected chi connectivity index (χ0v) is 15.7. The minimum atomic E-state index is -0.405. The van der Waals surface area contributed by atoms with Crippen LogP contribution in [0.5, 0.6) is 11.5 Å². The Morgan fingerprint density at radius 3 is 2.54 bits per heavy atom. The topological polar surface area (TPSA) is 74.3 Å². The van der Waals surface area contributed by atoms with Crippen molar-refractivity contribution >= 4 is 11.9 Å². The maximum absolute atomic E-state index is 12.7. The molecule has 0 saturated carbocycles. The fourth-order valence-electron chi connectivity index (χ4n) is 2.94. The van der Waals surface area contributed by atoms with Gasteiger partial charge in [-0.05, 0) is 37.0 Å². The summed E-state index contributed by atoms with van der Waals surface area (Å²) < 4.78 is 20.8. The van der Waals surface area contributed by atoms with E-state index in [0.29, 0.717) is 37.6 Å². The minimum Gasteiger partial charge on any atom is -0.493 e. The van der Waals surface area contributed by atoms with Crippen molar-refractivity contribution < 1.29 is 28.5 Å². The fourth-order valence-corrected chi connectivity index (χ4v) is 2.94. The molecule has 0 N–H and O–H groups in total. The number of benzene rings is 1. The smallest absolute Gasteiger partial charge is 0.307 e. The number of ether oxygens (including phenoxy) is 4. The molecule has 26 heavy (non-hydrogen) atoms. The molecule has 1 aliphatic rings. The lowest BCUT2D eigenvalue weighted by Crippen LogP contribution is -2.41. The molecule has 1 saturated heterocycles. The van der Waals surface area contributed by atoms with E-state index < -0.39 is 6.10 Å². The van der Waals surface area contributed by atoms with Crippen LogP contribution < -0.4 is 9.47 Å². The number of carbonyl (C=O) groups is 2. The molecule has 7 heteroatoms. The van der Waals surface area contributed by atoms with E-state index in [1.54, 1.807) is 19.1 Å². The molecule has 2 rings (SSSR count). The summed E-state index contributed by atoms with van der Waals surface area (Å²) in [5.41, 5.74) is 1.02. The molecular formula is C19H27NO6. The van der Waals surface area contributed by atoms with Gasteiger partial charge in [-0.2, -0.15) is 0 Å². The van der Waals surface area contributed by atoms with Crippen LogP contribution in [0, 0.1) is 0 Å². The fraction of sp³-hybridized carbons (Fsp3) is 0.579. The minimum absolute atomic E-state index is 0.0631. The summed E-state index contributed by atoms with van der Waals surface area (Å²) in [4.78, 5) is 25.8. The molecule has 0 aromatic heterocycles. The Bertz CT molecular complexity index is 612. The molecular weight excluding hydrogens is 338 g/mol. The predicted molar refractivity (Wildman–Crippen MR) is 95.4 cm³/mol. The first-order chi connectivity index (χ1) is 12.6. The molecule has 0 radical (unpaired) electrons. The monoisotopic (exact) mass is 365 g/mol. The van der Waals surface area contributed by atoms with Gasteiger partial charge in [-0.25, -0.2) is 0 Å². The molecule has 144 valence electrons. The van der Waals surface area contributed by atoms with Gasteiger partial charge in [0.05, 0.1) is 27.8 Å². The van der Waals surface area contributed by atoms with Crippen molar-refractivity contribution in [2.75, 3.05) is 41.0 Å². The van der Waals surface area contributed by atoms with Gasteiger partial charge in [0.25, 0.3) is 5.91 Å². The number of esters is 1. The second-order valence-electron chi connectivity index (χ2n) is 6.09. The van der Waals surface area contributed by atoms with Crippen LogP contribution in [0.1, 0.15) is 24.8 Å². The number of carbonyl (C=O) groups excluding carboxylic acids is 2.